The number of allylic oxidation sites excluding steroid dienone is 2. The second-order valence-electron chi connectivity index (χ2n) is 7.32. The monoisotopic (exact) mass is 354 g/mol. The molecule has 4 atom stereocenters. The van der Waals surface area contributed by atoms with Gasteiger partial charge in [0.05, 0.1) is 17.5 Å². The summed E-state index contributed by atoms with van der Waals surface area (Å²) >= 11 is 0. The van der Waals surface area contributed by atoms with Crippen LogP contribution in [0.5, 0.6) is 0 Å². The number of hydrogen-bond donors (Lipinski definition) is 2. The molecule has 0 spiro atoms. The molecule has 2 N–H and O–H groups in total. The smallest absolute Gasteiger partial charge is 0.220 e. The van der Waals surface area contributed by atoms with Crippen LogP contribution in [0.4, 0.5) is 0 Å². The molecular weight excluding hydrogens is 328 g/mol. The Kier molecular flexibility index (Phi) is 5.27. The maximum Gasteiger partial charge on any atom is 0.220 e. The van der Waals surface area contributed by atoms with Crippen LogP contribution >= 0.6 is 0 Å². The van der Waals surface area contributed by atoms with Crippen LogP contribution in [0.15, 0.2) is 12.2 Å². The summed E-state index contributed by atoms with van der Waals surface area (Å²) in [6.45, 7) is 0. The Morgan fingerprint density at radius 3 is 2.75 bits per heavy atom. The Balaban J connectivity index is 1.58. The molecule has 7 heteroatoms. The standard InChI is InChI=1S/C17H26N2O4S/c20-15-7-6-14(17(19-15)13-4-2-1-3-5-13)18-16(21)10-12-8-9-24(22,23)11-12/h1-2,12-14,17H,3-11H2,(H,18,21)(H,19,20)/t12?,13?,14-,17+/m1/s1. The van der Waals surface area contributed by atoms with Gasteiger partial charge in [-0.15, -0.1) is 0 Å². The van der Waals surface area contributed by atoms with Crippen LogP contribution in [-0.2, 0) is 19.4 Å². The van der Waals surface area contributed by atoms with Crippen LogP contribution in [0.3, 0.4) is 0 Å². The molecule has 2 unspecified atom stereocenters. The summed E-state index contributed by atoms with van der Waals surface area (Å²) < 4.78 is 23.0. The molecule has 2 amide bonds. The van der Waals surface area contributed by atoms with Crippen molar-refractivity contribution in [3.05, 3.63) is 12.2 Å². The number of hydrogen-bond acceptors (Lipinski definition) is 4. The van der Waals surface area contributed by atoms with Crippen LogP contribution in [0.2, 0.25) is 0 Å². The molecule has 0 saturated carbocycles. The molecule has 0 aromatic rings. The third-order valence-corrected chi connectivity index (χ3v) is 7.25. The minimum Gasteiger partial charge on any atom is -0.351 e. The number of carbonyl (C=O) groups excluding carboxylic acids is 2. The van der Waals surface area contributed by atoms with Gasteiger partial charge in [0.15, 0.2) is 9.84 Å². The minimum absolute atomic E-state index is 0.0209. The lowest BCUT2D eigenvalue weighted by molar-refractivity contribution is -0.128. The third kappa shape index (κ3) is 4.37. The number of nitrogens with one attached hydrogen (secondary N) is 2. The molecule has 2 saturated heterocycles. The van der Waals surface area contributed by atoms with E-state index in [1.807, 2.05) is 0 Å². The van der Waals surface area contributed by atoms with E-state index in [2.05, 4.69) is 22.8 Å². The quantitative estimate of drug-likeness (QED) is 0.735. The fraction of sp³-hybridized carbons (Fsp3) is 0.765. The first-order chi connectivity index (χ1) is 11.4. The maximum atomic E-state index is 12.4. The lowest BCUT2D eigenvalue weighted by Gasteiger charge is -2.38. The van der Waals surface area contributed by atoms with E-state index < -0.39 is 9.84 Å². The van der Waals surface area contributed by atoms with Gasteiger partial charge in [-0.05, 0) is 43.9 Å². The van der Waals surface area contributed by atoms with Crippen LogP contribution in [0.25, 0.3) is 0 Å². The van der Waals surface area contributed by atoms with Gasteiger partial charge in [0, 0.05) is 18.9 Å². The lowest BCUT2D eigenvalue weighted by atomic mass is 9.81. The van der Waals surface area contributed by atoms with Crippen molar-refractivity contribution in [2.75, 3.05) is 11.5 Å². The van der Waals surface area contributed by atoms with Gasteiger partial charge in [-0.2, -0.15) is 0 Å². The molecule has 2 fully saturated rings. The predicted octanol–water partition coefficient (Wildman–Crippen LogP) is 0.931. The predicted molar refractivity (Wildman–Crippen MR) is 91.0 cm³/mol. The van der Waals surface area contributed by atoms with Gasteiger partial charge in [-0.3, -0.25) is 9.59 Å². The Hall–Kier alpha value is -1.37. The normalized spacial score (nSPS) is 35.4. The van der Waals surface area contributed by atoms with Gasteiger partial charge in [0.2, 0.25) is 11.8 Å². The maximum absolute atomic E-state index is 12.4. The van der Waals surface area contributed by atoms with E-state index in [1.165, 1.54) is 0 Å². The highest BCUT2D eigenvalue weighted by molar-refractivity contribution is 7.91. The van der Waals surface area contributed by atoms with Crippen molar-refractivity contribution >= 4 is 21.7 Å². The SMILES string of the molecule is O=C(CC1CCS(=O)(=O)C1)N[C@@H]1CCC(=O)N[C@H]1C1CC=CCC1. The zero-order valence-corrected chi connectivity index (χ0v) is 14.7. The summed E-state index contributed by atoms with van der Waals surface area (Å²) in [6.07, 6.45) is 9.21. The zero-order valence-electron chi connectivity index (χ0n) is 13.9. The molecule has 2 aliphatic heterocycles. The van der Waals surface area contributed by atoms with Gasteiger partial charge in [-0.1, -0.05) is 12.2 Å². The molecular formula is C17H26N2O4S. The average Bonchev–Trinajstić information content (AvgIpc) is 2.88. The van der Waals surface area contributed by atoms with E-state index in [1.54, 1.807) is 0 Å². The van der Waals surface area contributed by atoms with E-state index in [4.69, 9.17) is 0 Å². The van der Waals surface area contributed by atoms with Crippen LogP contribution in [-0.4, -0.2) is 43.8 Å². The average molecular weight is 354 g/mol. The van der Waals surface area contributed by atoms with E-state index in [-0.39, 0.29) is 47.7 Å². The highest BCUT2D eigenvalue weighted by Crippen LogP contribution is 2.27. The zero-order chi connectivity index (χ0) is 17.2. The second kappa shape index (κ2) is 7.25. The van der Waals surface area contributed by atoms with Gasteiger partial charge < -0.3 is 10.6 Å². The largest absolute Gasteiger partial charge is 0.351 e. The molecule has 0 aromatic carbocycles. The Morgan fingerprint density at radius 1 is 1.25 bits per heavy atom. The van der Waals surface area contributed by atoms with Crippen molar-refractivity contribution in [2.45, 2.75) is 57.0 Å². The van der Waals surface area contributed by atoms with Gasteiger partial charge in [0.1, 0.15) is 0 Å². The summed E-state index contributed by atoms with van der Waals surface area (Å²) in [5, 5.41) is 6.13. The van der Waals surface area contributed by atoms with Crippen molar-refractivity contribution in [3.8, 4) is 0 Å². The lowest BCUT2D eigenvalue weighted by Crippen LogP contribution is -2.58. The Morgan fingerprint density at radius 2 is 2.08 bits per heavy atom. The second-order valence-corrected chi connectivity index (χ2v) is 9.55. The van der Waals surface area contributed by atoms with Crippen LogP contribution in [0, 0.1) is 11.8 Å². The Labute approximate surface area is 143 Å². The highest BCUT2D eigenvalue weighted by atomic mass is 32.2. The van der Waals surface area contributed by atoms with Crippen molar-refractivity contribution in [2.24, 2.45) is 11.8 Å². The van der Waals surface area contributed by atoms with E-state index in [9.17, 15) is 18.0 Å². The fourth-order valence-corrected chi connectivity index (χ4v) is 6.00. The first kappa shape index (κ1) is 17.5. The molecule has 0 radical (unpaired) electrons. The summed E-state index contributed by atoms with van der Waals surface area (Å²) in [5.74, 6) is 0.581. The number of sulfone groups is 1. The van der Waals surface area contributed by atoms with Gasteiger partial charge in [0.25, 0.3) is 0 Å². The van der Waals surface area contributed by atoms with Gasteiger partial charge in [-0.25, -0.2) is 8.42 Å². The first-order valence-corrected chi connectivity index (χ1v) is 10.7. The molecule has 24 heavy (non-hydrogen) atoms. The van der Waals surface area contributed by atoms with Crippen LogP contribution < -0.4 is 10.6 Å². The van der Waals surface area contributed by atoms with Crippen LogP contribution in [0.1, 0.15) is 44.9 Å². The first-order valence-electron chi connectivity index (χ1n) is 8.87. The fourth-order valence-electron chi connectivity index (χ4n) is 4.14. The minimum atomic E-state index is -2.95. The van der Waals surface area contributed by atoms with E-state index >= 15 is 0 Å². The summed E-state index contributed by atoms with van der Waals surface area (Å²) in [7, 11) is -2.95. The summed E-state index contributed by atoms with van der Waals surface area (Å²) in [5.41, 5.74) is 0. The summed E-state index contributed by atoms with van der Waals surface area (Å²) in [6, 6.07) is -0.0721. The molecule has 0 bridgehead atoms. The molecule has 134 valence electrons. The summed E-state index contributed by atoms with van der Waals surface area (Å²) in [4.78, 5) is 24.1. The van der Waals surface area contributed by atoms with Crippen molar-refractivity contribution in [1.29, 1.82) is 0 Å². The topological polar surface area (TPSA) is 92.3 Å². The molecule has 3 aliphatic rings. The Bertz CT molecular complexity index is 629. The van der Waals surface area contributed by atoms with E-state index in [0.717, 1.165) is 19.3 Å². The number of carbonyl (C=O) groups is 2. The highest BCUT2D eigenvalue weighted by Gasteiger charge is 2.36. The molecule has 1 aliphatic carbocycles. The molecule has 2 heterocycles. The molecule has 6 nitrogen and oxygen atoms in total. The van der Waals surface area contributed by atoms with Crippen molar-refractivity contribution in [3.63, 3.8) is 0 Å². The van der Waals surface area contributed by atoms with Crippen molar-refractivity contribution in [1.82, 2.24) is 10.6 Å². The van der Waals surface area contributed by atoms with Gasteiger partial charge >= 0.3 is 0 Å². The number of amides is 2. The number of rotatable bonds is 4. The molecule has 3 rings (SSSR count). The third-order valence-electron chi connectivity index (χ3n) is 5.41. The molecule has 0 aromatic heterocycles. The van der Waals surface area contributed by atoms with Crippen molar-refractivity contribution < 1.29 is 18.0 Å². The van der Waals surface area contributed by atoms with E-state index in [0.29, 0.717) is 25.2 Å². The number of piperidine rings is 1.